The molecule has 0 radical (unpaired) electrons. The fraction of sp³-hybridized carbons (Fsp3) is 0.333. The molecular weight excluding hydrogens is 244 g/mol. The van der Waals surface area contributed by atoms with Crippen LogP contribution in [0, 0.1) is 0 Å². The zero-order chi connectivity index (χ0) is 13.8. The van der Waals surface area contributed by atoms with Gasteiger partial charge >= 0.3 is 0 Å². The maximum atomic E-state index is 3.70. The van der Waals surface area contributed by atoms with Gasteiger partial charge in [0.25, 0.3) is 0 Å². The van der Waals surface area contributed by atoms with E-state index in [2.05, 4.69) is 77.9 Å². The Morgan fingerprint density at radius 2 is 1.50 bits per heavy atom. The van der Waals surface area contributed by atoms with Crippen LogP contribution in [-0.2, 0) is 0 Å². The van der Waals surface area contributed by atoms with Crippen LogP contribution in [0.1, 0.15) is 17.0 Å². The molecule has 104 valence electrons. The lowest BCUT2D eigenvalue weighted by Gasteiger charge is -2.36. The van der Waals surface area contributed by atoms with Crippen molar-refractivity contribution in [3.05, 3.63) is 71.8 Å². The van der Waals surface area contributed by atoms with E-state index in [0.29, 0.717) is 12.0 Å². The van der Waals surface area contributed by atoms with Crippen LogP contribution >= 0.6 is 0 Å². The molecule has 0 saturated carbocycles. The van der Waals surface area contributed by atoms with Crippen molar-refractivity contribution in [2.24, 2.45) is 0 Å². The van der Waals surface area contributed by atoms with Gasteiger partial charge in [-0.05, 0) is 18.2 Å². The number of benzene rings is 2. The van der Waals surface area contributed by atoms with Crippen LogP contribution in [-0.4, -0.2) is 37.6 Å². The lowest BCUT2D eigenvalue weighted by atomic mass is 9.84. The maximum Gasteiger partial charge on any atom is 0.0304 e. The van der Waals surface area contributed by atoms with Crippen molar-refractivity contribution >= 4 is 0 Å². The monoisotopic (exact) mass is 266 g/mol. The summed E-state index contributed by atoms with van der Waals surface area (Å²) in [5.74, 6) is 0.417. The number of piperazine rings is 1. The predicted octanol–water partition coefficient (Wildman–Crippen LogP) is 2.72. The first-order valence-corrected chi connectivity index (χ1v) is 7.36. The Hall–Kier alpha value is -1.64. The molecule has 0 aromatic heterocycles. The fourth-order valence-electron chi connectivity index (χ4n) is 3.13. The summed E-state index contributed by atoms with van der Waals surface area (Å²) < 4.78 is 0. The molecule has 0 amide bonds. The van der Waals surface area contributed by atoms with E-state index in [9.17, 15) is 0 Å². The number of rotatable bonds is 3. The molecule has 2 nitrogen and oxygen atoms in total. The van der Waals surface area contributed by atoms with Crippen LogP contribution in [0.3, 0.4) is 0 Å². The molecule has 1 unspecified atom stereocenters. The summed E-state index contributed by atoms with van der Waals surface area (Å²) in [5.41, 5.74) is 2.79. The average Bonchev–Trinajstić information content (AvgIpc) is 2.50. The topological polar surface area (TPSA) is 15.3 Å². The highest BCUT2D eigenvalue weighted by Gasteiger charge is 2.27. The number of nitrogens with one attached hydrogen (secondary N) is 1. The van der Waals surface area contributed by atoms with Crippen molar-refractivity contribution in [3.8, 4) is 0 Å². The third kappa shape index (κ3) is 2.92. The molecular formula is C18H22N2. The van der Waals surface area contributed by atoms with Gasteiger partial charge in [-0.25, -0.2) is 0 Å². The summed E-state index contributed by atoms with van der Waals surface area (Å²) in [4.78, 5) is 2.42. The molecule has 1 fully saturated rings. The summed E-state index contributed by atoms with van der Waals surface area (Å²) in [6.45, 7) is 3.29. The summed E-state index contributed by atoms with van der Waals surface area (Å²) in [6, 6.07) is 22.2. The molecule has 2 heteroatoms. The minimum absolute atomic E-state index is 0.417. The van der Waals surface area contributed by atoms with Crippen molar-refractivity contribution in [3.63, 3.8) is 0 Å². The summed E-state index contributed by atoms with van der Waals surface area (Å²) in [7, 11) is 2.21. The molecule has 1 aliphatic rings. The quantitative estimate of drug-likeness (QED) is 0.919. The molecule has 0 bridgehead atoms. The minimum Gasteiger partial charge on any atom is -0.310 e. The Labute approximate surface area is 121 Å². The van der Waals surface area contributed by atoms with Crippen LogP contribution in [0.2, 0.25) is 0 Å². The van der Waals surface area contributed by atoms with Gasteiger partial charge in [0, 0.05) is 31.6 Å². The highest BCUT2D eigenvalue weighted by molar-refractivity contribution is 5.34. The molecule has 1 aliphatic heterocycles. The summed E-state index contributed by atoms with van der Waals surface area (Å²) in [5, 5.41) is 3.70. The van der Waals surface area contributed by atoms with Crippen molar-refractivity contribution < 1.29 is 0 Å². The van der Waals surface area contributed by atoms with Crippen molar-refractivity contribution in [2.75, 3.05) is 26.7 Å². The zero-order valence-electron chi connectivity index (χ0n) is 12.0. The highest BCUT2D eigenvalue weighted by Crippen LogP contribution is 2.29. The van der Waals surface area contributed by atoms with Gasteiger partial charge in [-0.15, -0.1) is 0 Å². The van der Waals surface area contributed by atoms with E-state index in [0.717, 1.165) is 19.6 Å². The Bertz CT molecular complexity index is 484. The molecule has 3 rings (SSSR count). The first-order valence-electron chi connectivity index (χ1n) is 7.36. The zero-order valence-corrected chi connectivity index (χ0v) is 12.0. The lowest BCUT2D eigenvalue weighted by molar-refractivity contribution is 0.227. The molecule has 1 heterocycles. The molecule has 0 spiro atoms. The molecule has 2 aromatic carbocycles. The van der Waals surface area contributed by atoms with E-state index in [4.69, 9.17) is 0 Å². The maximum absolute atomic E-state index is 3.70. The molecule has 0 aliphatic carbocycles. The minimum atomic E-state index is 0.417. The van der Waals surface area contributed by atoms with Crippen LogP contribution in [0.15, 0.2) is 60.7 Å². The van der Waals surface area contributed by atoms with E-state index >= 15 is 0 Å². The first kappa shape index (κ1) is 13.3. The average molecular weight is 266 g/mol. The third-order valence-corrected chi connectivity index (χ3v) is 4.13. The summed E-state index contributed by atoms with van der Waals surface area (Å²) in [6.07, 6.45) is 0. The number of hydrogen-bond donors (Lipinski definition) is 1. The van der Waals surface area contributed by atoms with Gasteiger partial charge in [-0.3, -0.25) is 0 Å². The largest absolute Gasteiger partial charge is 0.310 e. The Morgan fingerprint density at radius 1 is 0.950 bits per heavy atom. The van der Waals surface area contributed by atoms with E-state index in [1.807, 2.05) is 0 Å². The smallest absolute Gasteiger partial charge is 0.0304 e. The number of hydrogen-bond acceptors (Lipinski definition) is 2. The van der Waals surface area contributed by atoms with Crippen LogP contribution in [0.5, 0.6) is 0 Å². The second kappa shape index (κ2) is 6.21. The van der Waals surface area contributed by atoms with Crippen LogP contribution in [0.25, 0.3) is 0 Å². The van der Waals surface area contributed by atoms with Gasteiger partial charge in [-0.2, -0.15) is 0 Å². The Kier molecular flexibility index (Phi) is 4.14. The Morgan fingerprint density at radius 3 is 2.00 bits per heavy atom. The predicted molar refractivity (Wildman–Crippen MR) is 84.0 cm³/mol. The van der Waals surface area contributed by atoms with Gasteiger partial charge in [-0.1, -0.05) is 60.7 Å². The molecule has 20 heavy (non-hydrogen) atoms. The second-order valence-electron chi connectivity index (χ2n) is 5.62. The van der Waals surface area contributed by atoms with Crippen molar-refractivity contribution in [2.45, 2.75) is 12.0 Å². The highest BCUT2D eigenvalue weighted by atomic mass is 15.2. The number of nitrogens with zero attached hydrogens (tertiary/aromatic N) is 1. The third-order valence-electron chi connectivity index (χ3n) is 4.13. The van der Waals surface area contributed by atoms with Gasteiger partial charge in [0.2, 0.25) is 0 Å². The summed E-state index contributed by atoms with van der Waals surface area (Å²) >= 11 is 0. The van der Waals surface area contributed by atoms with E-state index < -0.39 is 0 Å². The van der Waals surface area contributed by atoms with Gasteiger partial charge in [0.1, 0.15) is 0 Å². The fourth-order valence-corrected chi connectivity index (χ4v) is 3.13. The van der Waals surface area contributed by atoms with Crippen molar-refractivity contribution in [1.82, 2.24) is 10.2 Å². The molecule has 1 N–H and O–H groups in total. The van der Waals surface area contributed by atoms with E-state index in [1.165, 1.54) is 11.1 Å². The Balaban J connectivity index is 1.95. The van der Waals surface area contributed by atoms with E-state index in [1.54, 1.807) is 0 Å². The van der Waals surface area contributed by atoms with E-state index in [-0.39, 0.29) is 0 Å². The molecule has 2 aromatic rings. The standard InChI is InChI=1S/C18H22N2/c1-20-13-12-19-17(14-20)18(15-8-4-2-5-9-15)16-10-6-3-7-11-16/h2-11,17-19H,12-14H2,1H3. The number of likely N-dealkylation sites (N-methyl/N-ethyl adjacent to an activating group) is 1. The SMILES string of the molecule is CN1CCNC(C(c2ccccc2)c2ccccc2)C1. The normalized spacial score (nSPS) is 20.2. The van der Waals surface area contributed by atoms with Gasteiger partial charge < -0.3 is 10.2 Å². The molecule has 1 atom stereocenters. The molecule has 1 saturated heterocycles. The lowest BCUT2D eigenvalue weighted by Crippen LogP contribution is -2.51. The van der Waals surface area contributed by atoms with Crippen LogP contribution < -0.4 is 5.32 Å². The van der Waals surface area contributed by atoms with Gasteiger partial charge in [0.15, 0.2) is 0 Å². The van der Waals surface area contributed by atoms with Gasteiger partial charge in [0.05, 0.1) is 0 Å². The second-order valence-corrected chi connectivity index (χ2v) is 5.62. The van der Waals surface area contributed by atoms with Crippen molar-refractivity contribution in [1.29, 1.82) is 0 Å². The van der Waals surface area contributed by atoms with Crippen LogP contribution in [0.4, 0.5) is 0 Å². The first-order chi connectivity index (χ1) is 9.84.